The lowest BCUT2D eigenvalue weighted by Crippen LogP contribution is -2.53. The van der Waals surface area contributed by atoms with Crippen LogP contribution in [0.4, 0.5) is 26.3 Å². The third-order valence-electron chi connectivity index (χ3n) is 6.88. The van der Waals surface area contributed by atoms with Crippen molar-refractivity contribution in [3.05, 3.63) is 69.7 Å². The van der Waals surface area contributed by atoms with E-state index in [1.807, 2.05) is 12.1 Å². The molecule has 0 N–H and O–H groups in total. The zero-order valence-corrected chi connectivity index (χ0v) is 19.4. The molecule has 1 amide bonds. The maximum Gasteiger partial charge on any atom is 0.416 e. The molecule has 2 aromatic rings. The zero-order chi connectivity index (χ0) is 25.4. The Labute approximate surface area is 204 Å². The first-order valence-corrected chi connectivity index (χ1v) is 11.7. The number of alkyl halides is 6. The number of nitrogens with zero attached hydrogens (tertiary/aromatic N) is 1. The third kappa shape index (κ3) is 5.61. The largest absolute Gasteiger partial charge is 0.416 e. The maximum absolute atomic E-state index is 13.4. The molecule has 0 bridgehead atoms. The molecule has 1 saturated carbocycles. The van der Waals surface area contributed by atoms with E-state index in [4.69, 9.17) is 16.3 Å². The summed E-state index contributed by atoms with van der Waals surface area (Å²) in [4.78, 5) is 15.2. The lowest BCUT2D eigenvalue weighted by atomic mass is 9.63. The van der Waals surface area contributed by atoms with Crippen molar-refractivity contribution in [3.8, 4) is 0 Å². The Morgan fingerprint density at radius 2 is 1.49 bits per heavy atom. The first kappa shape index (κ1) is 25.8. The highest BCUT2D eigenvalue weighted by Gasteiger charge is 2.48. The molecule has 0 atom stereocenters. The summed E-state index contributed by atoms with van der Waals surface area (Å²) in [5, 5.41) is 0.594. The van der Waals surface area contributed by atoms with Crippen molar-refractivity contribution in [1.29, 1.82) is 0 Å². The van der Waals surface area contributed by atoms with Crippen LogP contribution in [0.2, 0.25) is 5.02 Å². The summed E-state index contributed by atoms with van der Waals surface area (Å²) in [6.07, 6.45) is -6.81. The molecular formula is C25H24ClF6NO2. The van der Waals surface area contributed by atoms with Gasteiger partial charge in [0.2, 0.25) is 5.91 Å². The average Bonchev–Trinajstić information content (AvgIpc) is 2.77. The molecule has 4 rings (SSSR count). The van der Waals surface area contributed by atoms with Crippen LogP contribution in [0.15, 0.2) is 42.5 Å². The molecule has 10 heteroatoms. The van der Waals surface area contributed by atoms with Gasteiger partial charge in [-0.15, -0.1) is 0 Å². The second-order valence-electron chi connectivity index (χ2n) is 9.16. The molecule has 3 nitrogen and oxygen atoms in total. The number of amides is 1. The Bertz CT molecular complexity index is 1020. The van der Waals surface area contributed by atoms with Crippen molar-refractivity contribution in [3.63, 3.8) is 0 Å². The molecule has 0 unspecified atom stereocenters. The normalized spacial score (nSPS) is 18.9. The monoisotopic (exact) mass is 519 g/mol. The van der Waals surface area contributed by atoms with Crippen LogP contribution < -0.4 is 0 Å². The highest BCUT2D eigenvalue weighted by Crippen LogP contribution is 2.46. The fourth-order valence-electron chi connectivity index (χ4n) is 4.77. The molecule has 2 aliphatic rings. The number of hydrogen-bond donors (Lipinski definition) is 0. The highest BCUT2D eigenvalue weighted by molar-refractivity contribution is 6.30. The summed E-state index contributed by atoms with van der Waals surface area (Å²) in [5.74, 6) is 0.0391. The highest BCUT2D eigenvalue weighted by atomic mass is 35.5. The molecule has 0 aromatic heterocycles. The van der Waals surface area contributed by atoms with Gasteiger partial charge in [0.15, 0.2) is 0 Å². The van der Waals surface area contributed by atoms with E-state index in [0.29, 0.717) is 43.1 Å². The van der Waals surface area contributed by atoms with Gasteiger partial charge in [0.05, 0.1) is 29.3 Å². The summed E-state index contributed by atoms with van der Waals surface area (Å²) < 4.78 is 84.1. The lowest BCUT2D eigenvalue weighted by molar-refractivity contribution is -0.144. The minimum Gasteiger partial charge on any atom is -0.373 e. The number of likely N-dealkylation sites (tertiary alicyclic amines) is 1. The molecule has 190 valence electrons. The van der Waals surface area contributed by atoms with E-state index < -0.39 is 28.9 Å². The molecule has 1 heterocycles. The van der Waals surface area contributed by atoms with Gasteiger partial charge in [-0.2, -0.15) is 26.3 Å². The van der Waals surface area contributed by atoms with Gasteiger partial charge >= 0.3 is 12.4 Å². The Hall–Kier alpha value is -2.26. The van der Waals surface area contributed by atoms with Crippen molar-refractivity contribution in [2.45, 2.75) is 62.6 Å². The van der Waals surface area contributed by atoms with Gasteiger partial charge in [-0.05, 0) is 67.1 Å². The number of halogens is 7. The summed E-state index contributed by atoms with van der Waals surface area (Å²) in [6, 6.07) is 8.74. The van der Waals surface area contributed by atoms with Crippen LogP contribution in [0.25, 0.3) is 0 Å². The first-order valence-electron chi connectivity index (χ1n) is 11.3. The number of rotatable bonds is 5. The number of carbonyl (C=O) groups excluding carboxylic acids is 1. The Morgan fingerprint density at radius 3 is 1.94 bits per heavy atom. The van der Waals surface area contributed by atoms with E-state index in [1.165, 1.54) is 0 Å². The Kier molecular flexibility index (Phi) is 7.12. The number of hydrogen-bond acceptors (Lipinski definition) is 2. The summed E-state index contributed by atoms with van der Waals surface area (Å²) in [7, 11) is 0. The molecule has 1 saturated heterocycles. The Balaban J connectivity index is 1.38. The van der Waals surface area contributed by atoms with Gasteiger partial charge < -0.3 is 9.64 Å². The SMILES string of the molecule is O=C(N1CCC(OCc2cc(C(F)(F)F)cc(C(F)(F)F)c2)CC1)C1(c2ccc(Cl)cc2)CCC1. The number of benzene rings is 2. The minimum absolute atomic E-state index is 0.0391. The molecular weight excluding hydrogens is 496 g/mol. The maximum atomic E-state index is 13.4. The van der Waals surface area contributed by atoms with Gasteiger partial charge in [0, 0.05) is 18.1 Å². The summed E-state index contributed by atoms with van der Waals surface area (Å²) in [5.41, 5.74) is -2.55. The second kappa shape index (κ2) is 9.65. The van der Waals surface area contributed by atoms with Crippen molar-refractivity contribution in [1.82, 2.24) is 4.90 Å². The first-order chi connectivity index (χ1) is 16.4. The minimum atomic E-state index is -4.90. The lowest BCUT2D eigenvalue weighted by Gasteiger charge is -2.45. The van der Waals surface area contributed by atoms with Crippen LogP contribution in [0.3, 0.4) is 0 Å². The summed E-state index contributed by atoms with van der Waals surface area (Å²) >= 11 is 5.98. The van der Waals surface area contributed by atoms with Crippen LogP contribution in [0.1, 0.15) is 54.4 Å². The standard InChI is InChI=1S/C25H24ClF6NO2/c26-20-4-2-17(3-5-20)23(8-1-9-23)22(34)33-10-6-21(7-11-33)35-15-16-12-18(24(27,28)29)14-19(13-16)25(30,31)32/h2-5,12-14,21H,1,6-11,15H2. The van der Waals surface area contributed by atoms with Crippen molar-refractivity contribution in [2.24, 2.45) is 0 Å². The van der Waals surface area contributed by atoms with Gasteiger partial charge in [0.25, 0.3) is 0 Å². The number of piperidine rings is 1. The fourth-order valence-corrected chi connectivity index (χ4v) is 4.90. The molecule has 2 fully saturated rings. The molecule has 35 heavy (non-hydrogen) atoms. The van der Waals surface area contributed by atoms with Gasteiger partial charge in [-0.1, -0.05) is 30.2 Å². The van der Waals surface area contributed by atoms with E-state index in [-0.39, 0.29) is 30.2 Å². The predicted molar refractivity (Wildman–Crippen MR) is 118 cm³/mol. The molecule has 1 aliphatic carbocycles. The quantitative estimate of drug-likeness (QED) is 0.398. The van der Waals surface area contributed by atoms with Crippen LogP contribution in [0, 0.1) is 0 Å². The molecule has 2 aromatic carbocycles. The van der Waals surface area contributed by atoms with E-state index >= 15 is 0 Å². The second-order valence-corrected chi connectivity index (χ2v) is 9.60. The topological polar surface area (TPSA) is 29.5 Å². The van der Waals surface area contributed by atoms with Crippen LogP contribution in [0.5, 0.6) is 0 Å². The predicted octanol–water partition coefficient (Wildman–Crippen LogP) is 7.01. The van der Waals surface area contributed by atoms with Crippen LogP contribution in [-0.2, 0) is 33.9 Å². The zero-order valence-electron chi connectivity index (χ0n) is 18.7. The average molecular weight is 520 g/mol. The van der Waals surface area contributed by atoms with Crippen molar-refractivity contribution < 1.29 is 35.9 Å². The van der Waals surface area contributed by atoms with E-state index in [2.05, 4.69) is 0 Å². The van der Waals surface area contributed by atoms with Crippen LogP contribution in [-0.4, -0.2) is 30.0 Å². The molecule has 0 spiro atoms. The smallest absolute Gasteiger partial charge is 0.373 e. The Morgan fingerprint density at radius 1 is 0.943 bits per heavy atom. The van der Waals surface area contributed by atoms with E-state index in [1.54, 1.807) is 17.0 Å². The van der Waals surface area contributed by atoms with Gasteiger partial charge in [-0.25, -0.2) is 0 Å². The van der Waals surface area contributed by atoms with Crippen molar-refractivity contribution in [2.75, 3.05) is 13.1 Å². The summed E-state index contributed by atoms with van der Waals surface area (Å²) in [6.45, 7) is 0.449. The van der Waals surface area contributed by atoms with Crippen molar-refractivity contribution >= 4 is 17.5 Å². The van der Waals surface area contributed by atoms with Gasteiger partial charge in [-0.3, -0.25) is 4.79 Å². The molecule has 1 aliphatic heterocycles. The number of carbonyl (C=O) groups is 1. The van der Waals surface area contributed by atoms with Gasteiger partial charge in [0.1, 0.15) is 0 Å². The fraction of sp³-hybridized carbons (Fsp3) is 0.480. The van der Waals surface area contributed by atoms with E-state index in [9.17, 15) is 31.1 Å². The number of ether oxygens (including phenoxy) is 1. The van der Waals surface area contributed by atoms with E-state index in [0.717, 1.165) is 24.8 Å². The third-order valence-corrected chi connectivity index (χ3v) is 7.13. The molecule has 0 radical (unpaired) electrons. The van der Waals surface area contributed by atoms with Crippen LogP contribution >= 0.6 is 11.6 Å².